The predicted molar refractivity (Wildman–Crippen MR) is 117 cm³/mol. The SMILES string of the molecule is CCNC(=NCC1(c2ccc(OC)cc2)CCOCC1)N(C)CCOCC1CC1. The maximum atomic E-state index is 5.81. The smallest absolute Gasteiger partial charge is 0.193 e. The Morgan fingerprint density at radius 3 is 2.59 bits per heavy atom. The molecular formula is C23H37N3O3. The molecule has 0 aromatic heterocycles. The molecule has 0 radical (unpaired) electrons. The van der Waals surface area contributed by atoms with Crippen LogP contribution in [0.4, 0.5) is 0 Å². The van der Waals surface area contributed by atoms with Crippen molar-refractivity contribution in [2.45, 2.75) is 38.0 Å². The van der Waals surface area contributed by atoms with Crippen molar-refractivity contribution >= 4 is 5.96 Å². The number of hydrogen-bond donors (Lipinski definition) is 1. The zero-order valence-corrected chi connectivity index (χ0v) is 18.3. The van der Waals surface area contributed by atoms with Gasteiger partial charge in [-0.2, -0.15) is 0 Å². The lowest BCUT2D eigenvalue weighted by atomic mass is 9.74. The standard InChI is InChI=1S/C23H37N3O3/c1-4-24-22(26(2)13-16-29-17-19-5-6-19)25-18-23(11-14-28-15-12-23)20-7-9-21(27-3)10-8-20/h7-10,19H,4-6,11-18H2,1-3H3,(H,24,25). The van der Waals surface area contributed by atoms with E-state index in [-0.39, 0.29) is 5.41 Å². The lowest BCUT2D eigenvalue weighted by Gasteiger charge is -2.37. The number of nitrogens with one attached hydrogen (secondary N) is 1. The molecule has 1 saturated heterocycles. The van der Waals surface area contributed by atoms with E-state index in [1.165, 1.54) is 18.4 Å². The number of benzene rings is 1. The first-order chi connectivity index (χ1) is 14.2. The Morgan fingerprint density at radius 1 is 1.24 bits per heavy atom. The molecule has 0 amide bonds. The third-order valence-corrected chi connectivity index (χ3v) is 6.00. The third-order valence-electron chi connectivity index (χ3n) is 6.00. The van der Waals surface area contributed by atoms with Gasteiger partial charge < -0.3 is 24.4 Å². The molecule has 0 atom stereocenters. The fourth-order valence-electron chi connectivity index (χ4n) is 3.78. The van der Waals surface area contributed by atoms with E-state index in [9.17, 15) is 0 Å². The van der Waals surface area contributed by atoms with Crippen LogP contribution in [-0.2, 0) is 14.9 Å². The summed E-state index contributed by atoms with van der Waals surface area (Å²) in [5, 5.41) is 3.44. The van der Waals surface area contributed by atoms with Gasteiger partial charge in [0.1, 0.15) is 5.75 Å². The summed E-state index contributed by atoms with van der Waals surface area (Å²) in [6.45, 7) is 7.77. The van der Waals surface area contributed by atoms with E-state index in [1.54, 1.807) is 7.11 Å². The molecule has 1 aromatic carbocycles. The molecule has 0 bridgehead atoms. The summed E-state index contributed by atoms with van der Waals surface area (Å²) in [6.07, 6.45) is 4.63. The Kier molecular flexibility index (Phi) is 8.19. The molecule has 1 aliphatic carbocycles. The molecule has 1 aliphatic heterocycles. The number of nitrogens with zero attached hydrogens (tertiary/aromatic N) is 2. The van der Waals surface area contributed by atoms with Crippen LogP contribution < -0.4 is 10.1 Å². The number of rotatable bonds is 10. The second-order valence-corrected chi connectivity index (χ2v) is 8.23. The van der Waals surface area contributed by atoms with Crippen molar-refractivity contribution in [1.82, 2.24) is 10.2 Å². The van der Waals surface area contributed by atoms with Crippen molar-refractivity contribution in [3.8, 4) is 5.75 Å². The number of hydrogen-bond acceptors (Lipinski definition) is 4. The van der Waals surface area contributed by atoms with Gasteiger partial charge in [-0.25, -0.2) is 0 Å². The summed E-state index contributed by atoms with van der Waals surface area (Å²) in [4.78, 5) is 7.22. The fraction of sp³-hybridized carbons (Fsp3) is 0.696. The molecule has 2 aliphatic rings. The minimum absolute atomic E-state index is 0.00844. The van der Waals surface area contributed by atoms with E-state index >= 15 is 0 Å². The summed E-state index contributed by atoms with van der Waals surface area (Å²) in [5.41, 5.74) is 1.32. The van der Waals surface area contributed by atoms with Crippen molar-refractivity contribution in [2.75, 3.05) is 60.2 Å². The second-order valence-electron chi connectivity index (χ2n) is 8.23. The lowest BCUT2D eigenvalue weighted by Crippen LogP contribution is -2.43. The summed E-state index contributed by atoms with van der Waals surface area (Å²) < 4.78 is 16.8. The third kappa shape index (κ3) is 6.34. The molecule has 6 heteroatoms. The van der Waals surface area contributed by atoms with Crippen LogP contribution >= 0.6 is 0 Å². The van der Waals surface area contributed by atoms with E-state index in [4.69, 9.17) is 19.2 Å². The highest BCUT2D eigenvalue weighted by Gasteiger charge is 2.34. The molecule has 1 N–H and O–H groups in total. The zero-order chi connectivity index (χ0) is 20.5. The second kappa shape index (κ2) is 10.8. The Morgan fingerprint density at radius 2 is 1.97 bits per heavy atom. The molecule has 162 valence electrons. The first-order valence-corrected chi connectivity index (χ1v) is 11.0. The number of methoxy groups -OCH3 is 1. The Labute approximate surface area is 175 Å². The minimum Gasteiger partial charge on any atom is -0.497 e. The molecule has 6 nitrogen and oxygen atoms in total. The molecular weight excluding hydrogens is 366 g/mol. The van der Waals surface area contributed by atoms with Gasteiger partial charge in [0.2, 0.25) is 0 Å². The van der Waals surface area contributed by atoms with Crippen molar-refractivity contribution in [3.05, 3.63) is 29.8 Å². The zero-order valence-electron chi connectivity index (χ0n) is 18.3. The van der Waals surface area contributed by atoms with Gasteiger partial charge in [-0.3, -0.25) is 4.99 Å². The highest BCUT2D eigenvalue weighted by atomic mass is 16.5. The molecule has 29 heavy (non-hydrogen) atoms. The molecule has 0 spiro atoms. The van der Waals surface area contributed by atoms with Crippen LogP contribution in [0.5, 0.6) is 5.75 Å². The molecule has 1 saturated carbocycles. The highest BCUT2D eigenvalue weighted by molar-refractivity contribution is 5.79. The Bertz CT molecular complexity index is 637. The quantitative estimate of drug-likeness (QED) is 0.370. The van der Waals surface area contributed by atoms with Gasteiger partial charge >= 0.3 is 0 Å². The summed E-state index contributed by atoms with van der Waals surface area (Å²) in [6, 6.07) is 8.46. The van der Waals surface area contributed by atoms with Crippen molar-refractivity contribution < 1.29 is 14.2 Å². The number of likely N-dealkylation sites (N-methyl/N-ethyl adjacent to an activating group) is 1. The van der Waals surface area contributed by atoms with Crippen LogP contribution in [0.2, 0.25) is 0 Å². The minimum atomic E-state index is 0.00844. The largest absolute Gasteiger partial charge is 0.497 e. The van der Waals surface area contributed by atoms with Crippen LogP contribution in [-0.4, -0.2) is 71.1 Å². The average molecular weight is 404 g/mol. The van der Waals surface area contributed by atoms with Gasteiger partial charge in [-0.1, -0.05) is 12.1 Å². The van der Waals surface area contributed by atoms with Crippen molar-refractivity contribution in [1.29, 1.82) is 0 Å². The monoisotopic (exact) mass is 403 g/mol. The van der Waals surface area contributed by atoms with Crippen molar-refractivity contribution in [3.63, 3.8) is 0 Å². The average Bonchev–Trinajstić information content (AvgIpc) is 3.59. The fourth-order valence-corrected chi connectivity index (χ4v) is 3.78. The molecule has 1 aromatic rings. The van der Waals surface area contributed by atoms with Gasteiger partial charge in [-0.15, -0.1) is 0 Å². The van der Waals surface area contributed by atoms with Crippen LogP contribution in [0.15, 0.2) is 29.3 Å². The number of aliphatic imine (C=N–C) groups is 1. The first kappa shape index (κ1) is 21.9. The molecule has 0 unspecified atom stereocenters. The number of guanidine groups is 1. The van der Waals surface area contributed by atoms with Crippen LogP contribution in [0.3, 0.4) is 0 Å². The van der Waals surface area contributed by atoms with Gasteiger partial charge in [0.05, 0.1) is 20.3 Å². The Balaban J connectivity index is 1.66. The first-order valence-electron chi connectivity index (χ1n) is 11.0. The van der Waals surface area contributed by atoms with Crippen LogP contribution in [0, 0.1) is 5.92 Å². The molecule has 3 rings (SSSR count). The van der Waals surface area contributed by atoms with E-state index in [1.807, 2.05) is 12.1 Å². The Hall–Kier alpha value is -1.79. The van der Waals surface area contributed by atoms with E-state index < -0.39 is 0 Å². The van der Waals surface area contributed by atoms with Crippen molar-refractivity contribution in [2.24, 2.45) is 10.9 Å². The van der Waals surface area contributed by atoms with Gasteiger partial charge in [0.15, 0.2) is 5.96 Å². The van der Waals surface area contributed by atoms with Gasteiger partial charge in [0, 0.05) is 45.4 Å². The van der Waals surface area contributed by atoms with E-state index in [2.05, 4.69) is 36.3 Å². The maximum absolute atomic E-state index is 5.81. The topological polar surface area (TPSA) is 55.3 Å². The summed E-state index contributed by atoms with van der Waals surface area (Å²) >= 11 is 0. The van der Waals surface area contributed by atoms with Gasteiger partial charge in [0.25, 0.3) is 0 Å². The summed E-state index contributed by atoms with van der Waals surface area (Å²) in [5.74, 6) is 2.64. The molecule has 2 fully saturated rings. The van der Waals surface area contributed by atoms with E-state index in [0.29, 0.717) is 0 Å². The van der Waals surface area contributed by atoms with E-state index in [0.717, 1.165) is 76.5 Å². The molecule has 1 heterocycles. The summed E-state index contributed by atoms with van der Waals surface area (Å²) in [7, 11) is 3.79. The normalized spacial score (nSPS) is 19.1. The highest BCUT2D eigenvalue weighted by Crippen LogP contribution is 2.36. The van der Waals surface area contributed by atoms with Crippen LogP contribution in [0.1, 0.15) is 38.2 Å². The van der Waals surface area contributed by atoms with Gasteiger partial charge in [-0.05, 0) is 56.2 Å². The predicted octanol–water partition coefficient (Wildman–Crippen LogP) is 3.07. The van der Waals surface area contributed by atoms with Crippen LogP contribution in [0.25, 0.3) is 0 Å². The number of ether oxygens (including phenoxy) is 3. The maximum Gasteiger partial charge on any atom is 0.193 e. The lowest BCUT2D eigenvalue weighted by molar-refractivity contribution is 0.0530.